The summed E-state index contributed by atoms with van der Waals surface area (Å²) >= 11 is 0. The Labute approximate surface area is 201 Å². The number of carboxylic acid groups (broad SMARTS) is 1. The fourth-order valence-corrected chi connectivity index (χ4v) is 4.22. The number of carboxylic acids is 1. The van der Waals surface area contributed by atoms with Crippen LogP contribution < -0.4 is 15.8 Å². The molecule has 2 amide bonds. The summed E-state index contributed by atoms with van der Waals surface area (Å²) < 4.78 is 80.4. The van der Waals surface area contributed by atoms with Crippen LogP contribution in [0.15, 0.2) is 30.3 Å². The van der Waals surface area contributed by atoms with Crippen LogP contribution in [0.5, 0.6) is 5.75 Å². The van der Waals surface area contributed by atoms with Crippen LogP contribution in [0.25, 0.3) is 0 Å². The van der Waals surface area contributed by atoms with Gasteiger partial charge in [-0.2, -0.15) is 17.6 Å². The van der Waals surface area contributed by atoms with E-state index >= 15 is 0 Å². The van der Waals surface area contributed by atoms with Gasteiger partial charge in [-0.3, -0.25) is 9.59 Å². The van der Waals surface area contributed by atoms with Crippen LogP contribution in [-0.2, 0) is 9.53 Å². The third-order valence-electron chi connectivity index (χ3n) is 6.30. The van der Waals surface area contributed by atoms with Crippen molar-refractivity contribution in [2.45, 2.75) is 37.6 Å². The maximum atomic E-state index is 14.4. The third-order valence-corrected chi connectivity index (χ3v) is 6.30. The molecule has 0 spiro atoms. The number of carbonyl (C=O) groups is 3. The van der Waals surface area contributed by atoms with E-state index < -0.39 is 70.4 Å². The number of hydrogen-bond acceptors (Lipinski definition) is 5. The van der Waals surface area contributed by atoms with Crippen LogP contribution in [0.4, 0.5) is 27.6 Å². The highest BCUT2D eigenvalue weighted by Gasteiger charge is 2.65. The van der Waals surface area contributed by atoms with Crippen LogP contribution in [0.1, 0.15) is 46.0 Å². The summed E-state index contributed by atoms with van der Waals surface area (Å²) in [6, 6.07) is 4.63. The van der Waals surface area contributed by atoms with Crippen molar-refractivity contribution in [1.82, 2.24) is 0 Å². The number of methoxy groups -OCH3 is 1. The molecule has 0 radical (unpaired) electrons. The molecule has 3 rings (SSSR count). The van der Waals surface area contributed by atoms with Gasteiger partial charge in [0, 0.05) is 28.7 Å². The lowest BCUT2D eigenvalue weighted by Gasteiger charge is -2.32. The van der Waals surface area contributed by atoms with Gasteiger partial charge < -0.3 is 25.6 Å². The molecule has 0 saturated carbocycles. The van der Waals surface area contributed by atoms with Gasteiger partial charge in [0.15, 0.2) is 17.2 Å². The van der Waals surface area contributed by atoms with Crippen molar-refractivity contribution in [2.75, 3.05) is 12.4 Å². The van der Waals surface area contributed by atoms with E-state index in [4.69, 9.17) is 15.2 Å². The largest absolute Gasteiger partial charge is 0.493 e. The number of hydrogen-bond donors (Lipinski definition) is 3. The van der Waals surface area contributed by atoms with Crippen LogP contribution in [0.2, 0.25) is 0 Å². The smallest absolute Gasteiger partial charge is 0.417 e. The molecule has 8 nitrogen and oxygen atoms in total. The normalized spacial score (nSPS) is 23.8. The second kappa shape index (κ2) is 9.37. The summed E-state index contributed by atoms with van der Waals surface area (Å²) in [6.45, 7) is 1.86. The number of nitrogens with two attached hydrogens (primary N) is 1. The Hall–Kier alpha value is -3.74. The molecule has 1 aliphatic rings. The van der Waals surface area contributed by atoms with Gasteiger partial charge in [-0.15, -0.1) is 0 Å². The molecular weight excluding hydrogens is 495 g/mol. The van der Waals surface area contributed by atoms with Gasteiger partial charge in [0.05, 0.1) is 12.7 Å². The van der Waals surface area contributed by atoms with Gasteiger partial charge in [0.2, 0.25) is 11.7 Å². The minimum atomic E-state index is -4.96. The zero-order chi connectivity index (χ0) is 27.2. The van der Waals surface area contributed by atoms with Crippen molar-refractivity contribution < 1.29 is 50.9 Å². The zero-order valence-corrected chi connectivity index (χ0v) is 19.1. The van der Waals surface area contributed by atoms with E-state index in [-0.39, 0.29) is 16.8 Å². The third kappa shape index (κ3) is 4.57. The molecule has 4 atom stereocenters. The Bertz CT molecular complexity index is 1200. The van der Waals surface area contributed by atoms with Crippen molar-refractivity contribution in [1.29, 1.82) is 0 Å². The second-order valence-electron chi connectivity index (χ2n) is 8.40. The number of carbonyl (C=O) groups excluding carboxylic acids is 2. The van der Waals surface area contributed by atoms with Gasteiger partial charge in [0.25, 0.3) is 5.91 Å². The van der Waals surface area contributed by atoms with E-state index in [2.05, 4.69) is 5.32 Å². The highest BCUT2D eigenvalue weighted by atomic mass is 19.4. The molecule has 4 N–H and O–H groups in total. The van der Waals surface area contributed by atoms with Gasteiger partial charge in [-0.05, 0) is 31.2 Å². The van der Waals surface area contributed by atoms with E-state index in [1.165, 1.54) is 0 Å². The first-order chi connectivity index (χ1) is 16.6. The average molecular weight is 516 g/mol. The van der Waals surface area contributed by atoms with Crippen LogP contribution in [-0.4, -0.2) is 47.9 Å². The number of benzene rings is 2. The SMILES string of the molecule is COc1c([C@H]2[C@H](C(=O)Nc3cc(C(N)=O)cc(C(=O)O)c3)O[C@@](C)(C(F)(F)F)[C@H]2C)ccc(F)c1F. The predicted molar refractivity (Wildman–Crippen MR) is 115 cm³/mol. The molecule has 36 heavy (non-hydrogen) atoms. The van der Waals surface area contributed by atoms with Crippen LogP contribution in [0, 0.1) is 17.6 Å². The van der Waals surface area contributed by atoms with Gasteiger partial charge in [-0.1, -0.05) is 13.0 Å². The molecular formula is C23H21F5N2O6. The topological polar surface area (TPSA) is 128 Å². The van der Waals surface area contributed by atoms with E-state index in [0.717, 1.165) is 45.2 Å². The molecule has 1 fully saturated rings. The molecule has 0 bridgehead atoms. The minimum Gasteiger partial charge on any atom is -0.493 e. The monoisotopic (exact) mass is 516 g/mol. The summed E-state index contributed by atoms with van der Waals surface area (Å²) in [5.41, 5.74) is 1.09. The lowest BCUT2D eigenvalue weighted by molar-refractivity contribution is -0.272. The van der Waals surface area contributed by atoms with Crippen molar-refractivity contribution >= 4 is 23.5 Å². The second-order valence-corrected chi connectivity index (χ2v) is 8.40. The summed E-state index contributed by atoms with van der Waals surface area (Å²) in [5, 5.41) is 11.5. The summed E-state index contributed by atoms with van der Waals surface area (Å²) in [6.07, 6.45) is -6.87. The molecule has 194 valence electrons. The van der Waals surface area contributed by atoms with Crippen molar-refractivity contribution in [3.63, 3.8) is 0 Å². The van der Waals surface area contributed by atoms with Crippen molar-refractivity contribution in [3.05, 3.63) is 58.7 Å². The van der Waals surface area contributed by atoms with Gasteiger partial charge in [-0.25, -0.2) is 9.18 Å². The molecule has 13 heteroatoms. The van der Waals surface area contributed by atoms with Crippen molar-refractivity contribution in [2.24, 2.45) is 11.7 Å². The summed E-state index contributed by atoms with van der Waals surface area (Å²) in [7, 11) is 0.989. The summed E-state index contributed by atoms with van der Waals surface area (Å²) in [5.74, 6) is -10.1. The highest BCUT2D eigenvalue weighted by molar-refractivity contribution is 6.01. The first-order valence-corrected chi connectivity index (χ1v) is 10.4. The molecule has 1 aliphatic heterocycles. The number of primary amides is 1. The predicted octanol–water partition coefficient (Wildman–Crippen LogP) is 3.85. The van der Waals surface area contributed by atoms with Gasteiger partial charge >= 0.3 is 12.1 Å². The standard InChI is InChI=1S/C23H21F5N2O6/c1-9-15(13-4-5-14(24)16(25)17(13)35-3)18(36-22(9,2)23(26,27)28)20(32)30-12-7-10(19(29)31)6-11(8-12)21(33)34/h4-9,15,18H,1-3H3,(H2,29,31)(H,30,32)(H,33,34)/t9-,15-,18+,22+/m0/s1. The maximum Gasteiger partial charge on any atom is 0.417 e. The molecule has 0 aromatic heterocycles. The van der Waals surface area contributed by atoms with Gasteiger partial charge in [0.1, 0.15) is 6.10 Å². The molecule has 1 heterocycles. The molecule has 0 aliphatic carbocycles. The van der Waals surface area contributed by atoms with Crippen LogP contribution in [0.3, 0.4) is 0 Å². The van der Waals surface area contributed by atoms with E-state index in [1.54, 1.807) is 0 Å². The first-order valence-electron chi connectivity index (χ1n) is 10.4. The molecule has 2 aromatic carbocycles. The lowest BCUT2D eigenvalue weighted by atomic mass is 9.77. The summed E-state index contributed by atoms with van der Waals surface area (Å²) in [4.78, 5) is 36.1. The fraction of sp³-hybridized carbons (Fsp3) is 0.348. The number of rotatable bonds is 6. The Balaban J connectivity index is 2.11. The van der Waals surface area contributed by atoms with Crippen molar-refractivity contribution in [3.8, 4) is 5.75 Å². The quantitative estimate of drug-likeness (QED) is 0.501. The fourth-order valence-electron chi connectivity index (χ4n) is 4.22. The number of aromatic carboxylic acids is 1. The Kier molecular flexibility index (Phi) is 6.99. The number of halogens is 5. The van der Waals surface area contributed by atoms with E-state index in [1.807, 2.05) is 0 Å². The Morgan fingerprint density at radius 3 is 2.28 bits per heavy atom. The molecule has 0 unspecified atom stereocenters. The van der Waals surface area contributed by atoms with E-state index in [0.29, 0.717) is 6.07 Å². The Morgan fingerprint density at radius 1 is 1.14 bits per heavy atom. The number of ether oxygens (including phenoxy) is 2. The Morgan fingerprint density at radius 2 is 1.75 bits per heavy atom. The van der Waals surface area contributed by atoms with Crippen LogP contribution >= 0.6 is 0 Å². The van der Waals surface area contributed by atoms with E-state index in [9.17, 15) is 41.4 Å². The minimum absolute atomic E-state index is 0.242. The maximum absolute atomic E-state index is 14.4. The highest BCUT2D eigenvalue weighted by Crippen LogP contribution is 2.55. The first kappa shape index (κ1) is 26.9. The number of anilines is 1. The number of nitrogens with one attached hydrogen (secondary N) is 1. The number of amides is 2. The molecule has 1 saturated heterocycles. The zero-order valence-electron chi connectivity index (χ0n) is 19.1. The number of alkyl halides is 3. The lowest BCUT2D eigenvalue weighted by Crippen LogP contribution is -2.47. The molecule has 2 aromatic rings. The average Bonchev–Trinajstić information content (AvgIpc) is 3.07.